The van der Waals surface area contributed by atoms with E-state index in [0.29, 0.717) is 11.6 Å². The lowest BCUT2D eigenvalue weighted by Gasteiger charge is -2.22. The Morgan fingerprint density at radius 3 is 2.68 bits per heavy atom. The van der Waals surface area contributed by atoms with E-state index in [1.54, 1.807) is 18.2 Å². The van der Waals surface area contributed by atoms with E-state index in [2.05, 4.69) is 20.0 Å². The molecule has 0 atom stereocenters. The first-order valence-corrected chi connectivity index (χ1v) is 10.4. The molecule has 1 saturated carbocycles. The maximum Gasteiger partial charge on any atom is 0.258 e. The number of benzene rings is 2. The number of carbonyl (C=O) groups is 1. The Balaban J connectivity index is 1.60. The number of imidazole rings is 1. The van der Waals surface area contributed by atoms with Crippen molar-refractivity contribution in [3.05, 3.63) is 53.6 Å². The highest BCUT2D eigenvalue weighted by Crippen LogP contribution is 2.35. The van der Waals surface area contributed by atoms with Crippen molar-refractivity contribution in [2.75, 3.05) is 12.4 Å². The van der Waals surface area contributed by atoms with Gasteiger partial charge in [-0.05, 0) is 56.3 Å². The van der Waals surface area contributed by atoms with Crippen molar-refractivity contribution in [2.45, 2.75) is 30.1 Å². The number of aromatic amines is 1. The van der Waals surface area contributed by atoms with Crippen molar-refractivity contribution >= 4 is 32.7 Å². The summed E-state index contributed by atoms with van der Waals surface area (Å²) in [6, 6.07) is 8.27. The number of H-pyrrole nitrogens is 1. The summed E-state index contributed by atoms with van der Waals surface area (Å²) in [5, 5.41) is 2.61. The summed E-state index contributed by atoms with van der Waals surface area (Å²) in [6.45, 7) is 0. The Morgan fingerprint density at radius 2 is 2.00 bits per heavy atom. The molecule has 7 nitrogen and oxygen atoms in total. The van der Waals surface area contributed by atoms with Crippen LogP contribution in [0.25, 0.3) is 11.0 Å². The predicted octanol–water partition coefficient (Wildman–Crippen LogP) is 3.13. The lowest BCUT2D eigenvalue weighted by atomic mass is 9.85. The molecule has 2 aromatic carbocycles. The van der Waals surface area contributed by atoms with E-state index in [0.717, 1.165) is 47.9 Å². The van der Waals surface area contributed by atoms with Crippen molar-refractivity contribution in [3.63, 3.8) is 0 Å². The highest BCUT2D eigenvalue weighted by atomic mass is 32.2. The first kappa shape index (κ1) is 18.6. The number of nitrogens with one attached hydrogen (secondary N) is 3. The van der Waals surface area contributed by atoms with E-state index in [1.807, 2.05) is 0 Å². The molecular formula is C19H19FN4O3S. The third kappa shape index (κ3) is 3.38. The van der Waals surface area contributed by atoms with Crippen LogP contribution < -0.4 is 10.0 Å². The molecule has 1 aromatic heterocycles. The fourth-order valence-electron chi connectivity index (χ4n) is 3.14. The molecule has 1 aliphatic carbocycles. The molecule has 1 aliphatic rings. The van der Waals surface area contributed by atoms with Gasteiger partial charge in [-0.3, -0.25) is 4.79 Å². The Labute approximate surface area is 161 Å². The first-order chi connectivity index (χ1) is 13.4. The first-order valence-electron chi connectivity index (χ1n) is 8.91. The Kier molecular flexibility index (Phi) is 4.64. The Hall–Kier alpha value is -2.78. The largest absolute Gasteiger partial charge is 0.342 e. The second kappa shape index (κ2) is 6.99. The lowest BCUT2D eigenvalue weighted by molar-refractivity contribution is 0.102. The lowest BCUT2D eigenvalue weighted by Crippen LogP contribution is -2.20. The number of aromatic nitrogens is 2. The molecule has 0 bridgehead atoms. The van der Waals surface area contributed by atoms with Gasteiger partial charge in [-0.1, -0.05) is 6.42 Å². The zero-order valence-corrected chi connectivity index (χ0v) is 15.9. The topological polar surface area (TPSA) is 104 Å². The van der Waals surface area contributed by atoms with Crippen LogP contribution in [-0.2, 0) is 10.0 Å². The van der Waals surface area contributed by atoms with Crippen LogP contribution in [0.3, 0.4) is 0 Å². The number of hydrogen-bond acceptors (Lipinski definition) is 4. The zero-order chi connectivity index (χ0) is 19.9. The molecule has 0 unspecified atom stereocenters. The summed E-state index contributed by atoms with van der Waals surface area (Å²) in [5.74, 6) is -0.136. The van der Waals surface area contributed by atoms with Crippen LogP contribution in [0.4, 0.5) is 10.1 Å². The van der Waals surface area contributed by atoms with Gasteiger partial charge in [0.2, 0.25) is 10.0 Å². The fraction of sp³-hybridized carbons (Fsp3) is 0.263. The van der Waals surface area contributed by atoms with Gasteiger partial charge in [0.15, 0.2) is 0 Å². The molecule has 3 N–H and O–H groups in total. The third-order valence-corrected chi connectivity index (χ3v) is 6.42. The van der Waals surface area contributed by atoms with Gasteiger partial charge in [0.25, 0.3) is 5.91 Å². The van der Waals surface area contributed by atoms with Gasteiger partial charge < -0.3 is 10.3 Å². The van der Waals surface area contributed by atoms with Gasteiger partial charge in [0.05, 0.1) is 21.5 Å². The van der Waals surface area contributed by atoms with Gasteiger partial charge in [-0.15, -0.1) is 0 Å². The van der Waals surface area contributed by atoms with Crippen LogP contribution in [0, 0.1) is 5.82 Å². The average Bonchev–Trinajstić information content (AvgIpc) is 3.02. The zero-order valence-electron chi connectivity index (χ0n) is 15.1. The van der Waals surface area contributed by atoms with Crippen LogP contribution in [-0.4, -0.2) is 31.3 Å². The van der Waals surface area contributed by atoms with Crippen molar-refractivity contribution in [1.29, 1.82) is 0 Å². The number of anilines is 1. The van der Waals surface area contributed by atoms with E-state index in [4.69, 9.17) is 0 Å². The molecular weight excluding hydrogens is 383 g/mol. The number of carbonyl (C=O) groups excluding carboxylic acids is 1. The second-order valence-corrected chi connectivity index (χ2v) is 8.67. The number of nitrogens with zero attached hydrogens (tertiary/aromatic N) is 1. The van der Waals surface area contributed by atoms with Crippen molar-refractivity contribution in [2.24, 2.45) is 0 Å². The minimum absolute atomic E-state index is 0.185. The Morgan fingerprint density at radius 1 is 1.21 bits per heavy atom. The average molecular weight is 402 g/mol. The standard InChI is InChI=1S/C19H19FN4O3S/c1-21-28(26,27)13-6-7-15(20)14(10-13)19(25)22-12-5-8-16-17(9-12)24-18(23-16)11-3-2-4-11/h5-11,21H,2-4H2,1H3,(H,22,25)(H,23,24). The molecule has 28 heavy (non-hydrogen) atoms. The maximum atomic E-state index is 14.1. The molecule has 146 valence electrons. The van der Waals surface area contributed by atoms with E-state index >= 15 is 0 Å². The van der Waals surface area contributed by atoms with E-state index in [9.17, 15) is 17.6 Å². The Bertz CT molecular complexity index is 1170. The van der Waals surface area contributed by atoms with Crippen LogP contribution >= 0.6 is 0 Å². The van der Waals surface area contributed by atoms with Crippen LogP contribution in [0.5, 0.6) is 0 Å². The monoisotopic (exact) mass is 402 g/mol. The molecule has 1 fully saturated rings. The van der Waals surface area contributed by atoms with Gasteiger partial charge in [-0.2, -0.15) is 0 Å². The van der Waals surface area contributed by atoms with E-state index < -0.39 is 21.7 Å². The summed E-state index contributed by atoms with van der Waals surface area (Å²) in [6.07, 6.45) is 3.44. The van der Waals surface area contributed by atoms with Crippen LogP contribution in [0.2, 0.25) is 0 Å². The van der Waals surface area contributed by atoms with Gasteiger partial charge in [0, 0.05) is 11.6 Å². The highest BCUT2D eigenvalue weighted by Gasteiger charge is 2.23. The molecule has 3 aromatic rings. The number of fused-ring (bicyclic) bond motifs is 1. The summed E-state index contributed by atoms with van der Waals surface area (Å²) >= 11 is 0. The van der Waals surface area contributed by atoms with Gasteiger partial charge >= 0.3 is 0 Å². The molecule has 1 amide bonds. The van der Waals surface area contributed by atoms with Gasteiger partial charge in [0.1, 0.15) is 11.6 Å². The number of hydrogen-bond donors (Lipinski definition) is 3. The van der Waals surface area contributed by atoms with Crippen molar-refractivity contribution in [1.82, 2.24) is 14.7 Å². The van der Waals surface area contributed by atoms with Crippen molar-refractivity contribution < 1.29 is 17.6 Å². The SMILES string of the molecule is CNS(=O)(=O)c1ccc(F)c(C(=O)Nc2ccc3nc(C4CCC4)[nH]c3c2)c1. The quantitative estimate of drug-likeness (QED) is 0.610. The maximum absolute atomic E-state index is 14.1. The highest BCUT2D eigenvalue weighted by molar-refractivity contribution is 7.89. The van der Waals surface area contributed by atoms with E-state index in [-0.39, 0.29) is 10.5 Å². The van der Waals surface area contributed by atoms with Crippen molar-refractivity contribution in [3.8, 4) is 0 Å². The minimum Gasteiger partial charge on any atom is -0.342 e. The number of sulfonamides is 1. The molecule has 1 heterocycles. The summed E-state index contributed by atoms with van der Waals surface area (Å²) in [7, 11) is -2.54. The number of rotatable bonds is 5. The molecule has 0 saturated heterocycles. The van der Waals surface area contributed by atoms with Crippen LogP contribution in [0.1, 0.15) is 41.4 Å². The van der Waals surface area contributed by atoms with E-state index in [1.165, 1.54) is 13.5 Å². The summed E-state index contributed by atoms with van der Waals surface area (Å²) < 4.78 is 40.1. The molecule has 0 aliphatic heterocycles. The molecule has 4 rings (SSSR count). The summed E-state index contributed by atoms with van der Waals surface area (Å²) in [4.78, 5) is 20.2. The molecule has 0 radical (unpaired) electrons. The number of halogens is 1. The molecule has 9 heteroatoms. The smallest absolute Gasteiger partial charge is 0.258 e. The van der Waals surface area contributed by atoms with Crippen LogP contribution in [0.15, 0.2) is 41.3 Å². The normalized spacial score (nSPS) is 14.8. The molecule has 0 spiro atoms. The minimum atomic E-state index is -3.79. The fourth-order valence-corrected chi connectivity index (χ4v) is 3.90. The second-order valence-electron chi connectivity index (χ2n) is 6.79. The van der Waals surface area contributed by atoms with Gasteiger partial charge in [-0.25, -0.2) is 22.5 Å². The predicted molar refractivity (Wildman–Crippen MR) is 103 cm³/mol. The summed E-state index contributed by atoms with van der Waals surface area (Å²) in [5.41, 5.74) is 1.69. The number of amides is 1. The third-order valence-electron chi connectivity index (χ3n) is 5.01.